The van der Waals surface area contributed by atoms with Crippen LogP contribution in [-0.2, 0) is 11.3 Å². The average molecular weight is 247 g/mol. The van der Waals surface area contributed by atoms with Gasteiger partial charge >= 0.3 is 12.5 Å². The van der Waals surface area contributed by atoms with Gasteiger partial charge in [-0.2, -0.15) is 8.78 Å². The summed E-state index contributed by atoms with van der Waals surface area (Å²) in [6.07, 6.45) is 2.76. The van der Waals surface area contributed by atoms with Crippen LogP contribution in [0.5, 0.6) is 0 Å². The third-order valence-corrected chi connectivity index (χ3v) is 2.77. The molecule has 0 aromatic carbocycles. The highest BCUT2D eigenvalue weighted by molar-refractivity contribution is 5.78. The van der Waals surface area contributed by atoms with Crippen molar-refractivity contribution in [2.24, 2.45) is 0 Å². The summed E-state index contributed by atoms with van der Waals surface area (Å²) in [5.41, 5.74) is -1.14. The molecule has 0 saturated heterocycles. The molecule has 1 unspecified atom stereocenters. The molecule has 0 radical (unpaired) electrons. The van der Waals surface area contributed by atoms with Crippen LogP contribution in [0.2, 0.25) is 0 Å². The van der Waals surface area contributed by atoms with Crippen molar-refractivity contribution in [3.05, 3.63) is 18.2 Å². The maximum Gasteiger partial charge on any atom is 0.323 e. The molecular weight excluding hydrogens is 232 g/mol. The first kappa shape index (κ1) is 13.6. The van der Waals surface area contributed by atoms with E-state index in [0.29, 0.717) is 11.0 Å². The Morgan fingerprint density at radius 3 is 2.82 bits per heavy atom. The highest BCUT2D eigenvalue weighted by atomic mass is 19.3. The summed E-state index contributed by atoms with van der Waals surface area (Å²) in [4.78, 5) is 14.8. The molecule has 1 heterocycles. The van der Waals surface area contributed by atoms with E-state index in [1.807, 2.05) is 0 Å². The molecule has 96 valence electrons. The zero-order valence-corrected chi connectivity index (χ0v) is 9.65. The summed E-state index contributed by atoms with van der Waals surface area (Å²) in [7, 11) is 0. The number of rotatable bonds is 6. The number of hydrogen-bond acceptors (Lipinski definition) is 3. The van der Waals surface area contributed by atoms with Crippen LogP contribution in [0.1, 0.15) is 32.6 Å². The van der Waals surface area contributed by atoms with E-state index in [2.05, 4.69) is 10.3 Å². The number of carboxylic acid groups (broad SMARTS) is 1. The van der Waals surface area contributed by atoms with E-state index in [4.69, 9.17) is 5.11 Å². The van der Waals surface area contributed by atoms with Crippen LogP contribution >= 0.6 is 0 Å². The molecule has 1 aromatic heterocycles. The molecule has 17 heavy (non-hydrogen) atoms. The van der Waals surface area contributed by atoms with Gasteiger partial charge in [-0.1, -0.05) is 6.92 Å². The minimum absolute atomic E-state index is 0.0199. The Balaban J connectivity index is 2.73. The lowest BCUT2D eigenvalue weighted by Gasteiger charge is -2.24. The van der Waals surface area contributed by atoms with E-state index in [0.717, 1.165) is 6.20 Å². The third kappa shape index (κ3) is 3.00. The van der Waals surface area contributed by atoms with E-state index in [-0.39, 0.29) is 12.4 Å². The molecule has 0 aliphatic carbocycles. The standard InChI is InChI=1S/C10H15F2N3O2/c1-3-10(2,8(16)17)14-6-7-13-4-5-15(7)9(11)12/h4-5,9,14H,3,6H2,1-2H3,(H,16,17). The van der Waals surface area contributed by atoms with Crippen LogP contribution in [0.3, 0.4) is 0 Å². The van der Waals surface area contributed by atoms with Crippen molar-refractivity contribution in [1.29, 1.82) is 0 Å². The topological polar surface area (TPSA) is 67.2 Å². The van der Waals surface area contributed by atoms with Gasteiger partial charge in [0.1, 0.15) is 11.4 Å². The van der Waals surface area contributed by atoms with Crippen LogP contribution in [0.15, 0.2) is 12.4 Å². The van der Waals surface area contributed by atoms with Crippen molar-refractivity contribution in [2.45, 2.75) is 38.9 Å². The number of nitrogens with one attached hydrogen (secondary N) is 1. The fraction of sp³-hybridized carbons (Fsp3) is 0.600. The zero-order chi connectivity index (χ0) is 13.1. The first-order chi connectivity index (χ1) is 7.90. The lowest BCUT2D eigenvalue weighted by Crippen LogP contribution is -2.48. The summed E-state index contributed by atoms with van der Waals surface area (Å²) in [6, 6.07) is 0. The molecule has 0 saturated carbocycles. The summed E-state index contributed by atoms with van der Waals surface area (Å²) >= 11 is 0. The highest BCUT2D eigenvalue weighted by Gasteiger charge is 2.30. The first-order valence-corrected chi connectivity index (χ1v) is 5.19. The molecule has 1 atom stereocenters. The Bertz CT molecular complexity index is 395. The van der Waals surface area contributed by atoms with E-state index < -0.39 is 18.1 Å². The second-order valence-electron chi connectivity index (χ2n) is 3.87. The van der Waals surface area contributed by atoms with Gasteiger partial charge in [0.25, 0.3) is 0 Å². The van der Waals surface area contributed by atoms with E-state index in [1.54, 1.807) is 6.92 Å². The van der Waals surface area contributed by atoms with Crippen molar-refractivity contribution < 1.29 is 18.7 Å². The van der Waals surface area contributed by atoms with Gasteiger partial charge in [-0.15, -0.1) is 0 Å². The minimum Gasteiger partial charge on any atom is -0.480 e. The number of aromatic nitrogens is 2. The molecule has 2 N–H and O–H groups in total. The maximum absolute atomic E-state index is 12.5. The molecule has 5 nitrogen and oxygen atoms in total. The lowest BCUT2D eigenvalue weighted by atomic mass is 9.99. The Labute approximate surface area is 97.5 Å². The zero-order valence-electron chi connectivity index (χ0n) is 9.65. The number of carbonyl (C=O) groups is 1. The minimum atomic E-state index is -2.67. The number of nitrogens with zero attached hydrogens (tertiary/aromatic N) is 2. The number of imidazole rings is 1. The van der Waals surface area contributed by atoms with Crippen molar-refractivity contribution in [1.82, 2.24) is 14.9 Å². The Morgan fingerprint density at radius 1 is 1.71 bits per heavy atom. The monoisotopic (exact) mass is 247 g/mol. The number of hydrogen-bond donors (Lipinski definition) is 2. The molecular formula is C10H15F2N3O2. The van der Waals surface area contributed by atoms with Crippen molar-refractivity contribution in [2.75, 3.05) is 0 Å². The molecule has 0 fully saturated rings. The van der Waals surface area contributed by atoms with Crippen LogP contribution in [-0.4, -0.2) is 26.2 Å². The molecule has 0 spiro atoms. The van der Waals surface area contributed by atoms with Gasteiger partial charge in [-0.3, -0.25) is 14.7 Å². The van der Waals surface area contributed by atoms with Crippen LogP contribution in [0.4, 0.5) is 8.78 Å². The number of carboxylic acids is 1. The van der Waals surface area contributed by atoms with Crippen molar-refractivity contribution >= 4 is 5.97 Å². The van der Waals surface area contributed by atoms with Gasteiger partial charge in [-0.25, -0.2) is 4.98 Å². The van der Waals surface area contributed by atoms with Gasteiger partial charge in [-0.05, 0) is 13.3 Å². The van der Waals surface area contributed by atoms with Crippen molar-refractivity contribution in [3.8, 4) is 0 Å². The number of halogens is 2. The molecule has 1 rings (SSSR count). The lowest BCUT2D eigenvalue weighted by molar-refractivity contribution is -0.144. The quantitative estimate of drug-likeness (QED) is 0.801. The van der Waals surface area contributed by atoms with Gasteiger partial charge in [0.15, 0.2) is 0 Å². The van der Waals surface area contributed by atoms with Gasteiger partial charge < -0.3 is 5.11 Å². The fourth-order valence-electron chi connectivity index (χ4n) is 1.28. The van der Waals surface area contributed by atoms with E-state index in [1.165, 1.54) is 13.1 Å². The van der Waals surface area contributed by atoms with Gasteiger partial charge in [0, 0.05) is 12.4 Å². The summed E-state index contributed by atoms with van der Waals surface area (Å²) in [6.45, 7) is 0.520. The highest BCUT2D eigenvalue weighted by Crippen LogP contribution is 2.14. The molecule has 0 bridgehead atoms. The Morgan fingerprint density at radius 2 is 2.35 bits per heavy atom. The molecule has 0 aliphatic heterocycles. The molecule has 7 heteroatoms. The van der Waals surface area contributed by atoms with Gasteiger partial charge in [0.2, 0.25) is 0 Å². The predicted molar refractivity (Wildman–Crippen MR) is 56.7 cm³/mol. The Kier molecular flexibility index (Phi) is 4.17. The van der Waals surface area contributed by atoms with Gasteiger partial charge in [0.05, 0.1) is 6.54 Å². The molecule has 1 aromatic rings. The van der Waals surface area contributed by atoms with E-state index in [9.17, 15) is 13.6 Å². The summed E-state index contributed by atoms with van der Waals surface area (Å²) in [5, 5.41) is 11.7. The SMILES string of the molecule is CCC(C)(NCc1nccn1C(F)F)C(=O)O. The normalized spacial score (nSPS) is 14.9. The number of aliphatic carboxylic acids is 1. The summed E-state index contributed by atoms with van der Waals surface area (Å²) < 4.78 is 25.7. The fourth-order valence-corrected chi connectivity index (χ4v) is 1.28. The average Bonchev–Trinajstić information content (AvgIpc) is 2.73. The first-order valence-electron chi connectivity index (χ1n) is 5.19. The predicted octanol–water partition coefficient (Wildman–Crippen LogP) is 1.62. The second-order valence-corrected chi connectivity index (χ2v) is 3.87. The van der Waals surface area contributed by atoms with Crippen molar-refractivity contribution in [3.63, 3.8) is 0 Å². The van der Waals surface area contributed by atoms with Crippen LogP contribution in [0, 0.1) is 0 Å². The summed E-state index contributed by atoms with van der Waals surface area (Å²) in [5.74, 6) is -0.906. The van der Waals surface area contributed by atoms with E-state index >= 15 is 0 Å². The molecule has 0 aliphatic rings. The smallest absolute Gasteiger partial charge is 0.323 e. The van der Waals surface area contributed by atoms with Crippen LogP contribution < -0.4 is 5.32 Å². The number of alkyl halides is 2. The molecule has 0 amide bonds. The third-order valence-electron chi connectivity index (χ3n) is 2.77. The maximum atomic E-state index is 12.5. The second kappa shape index (κ2) is 5.22. The largest absolute Gasteiger partial charge is 0.480 e. The Hall–Kier alpha value is -1.50. The van der Waals surface area contributed by atoms with Crippen LogP contribution in [0.25, 0.3) is 0 Å².